The van der Waals surface area contributed by atoms with Crippen molar-refractivity contribution in [3.8, 4) is 0 Å². The predicted molar refractivity (Wildman–Crippen MR) is 175 cm³/mol. The average molecular weight is 680 g/mol. The number of likely N-dealkylation sites (N-methyl/N-ethyl adjacent to an activating group) is 1. The second-order valence-electron chi connectivity index (χ2n) is 13.2. The average Bonchev–Trinajstić information content (AvgIpc) is 3.65. The maximum absolute atomic E-state index is 14.2. The van der Waals surface area contributed by atoms with Crippen molar-refractivity contribution in [2.45, 2.75) is 88.6 Å². The van der Waals surface area contributed by atoms with Crippen molar-refractivity contribution < 1.29 is 24.2 Å². The van der Waals surface area contributed by atoms with Crippen molar-refractivity contribution in [2.24, 2.45) is 5.41 Å². The zero-order valence-corrected chi connectivity index (χ0v) is 27.6. The maximum atomic E-state index is 14.2. The third-order valence-corrected chi connectivity index (χ3v) is 11.2. The molecule has 1 saturated heterocycles. The van der Waals surface area contributed by atoms with Gasteiger partial charge in [0, 0.05) is 66.6 Å². The van der Waals surface area contributed by atoms with Crippen LogP contribution in [0.5, 0.6) is 0 Å². The maximum Gasteiger partial charge on any atom is 0.245 e. The lowest BCUT2D eigenvalue weighted by Gasteiger charge is -2.53. The zero-order valence-electron chi connectivity index (χ0n) is 26.1. The summed E-state index contributed by atoms with van der Waals surface area (Å²) in [5.74, 6) is -0.681. The first kappa shape index (κ1) is 31.8. The van der Waals surface area contributed by atoms with E-state index in [-0.39, 0.29) is 36.8 Å². The molecule has 45 heavy (non-hydrogen) atoms. The number of ether oxygens (including phenoxy) is 1. The Balaban J connectivity index is 1.22. The fourth-order valence-electron chi connectivity index (χ4n) is 7.80. The van der Waals surface area contributed by atoms with E-state index in [2.05, 4.69) is 26.2 Å². The molecule has 2 heterocycles. The zero-order chi connectivity index (χ0) is 31.8. The standard InChI is InChI=1S/C35H43BrN4O5/c1-3-45-35-15-12-34(13-16-35,14-17-35)33(44)40-22-25(41)19-30(40)31(42)38-29(18-24-20-37-28-11-7-5-9-26(24)28)32(43)39(2)21-23-8-4-6-10-27(23)36/h4-11,20,25,29-30,37,41H,3,12-19,21-22H2,1-2H3,(H,38,42)/t25-,29?,30?,34?,35?/m1/s1. The summed E-state index contributed by atoms with van der Waals surface area (Å²) in [6.45, 7) is 3.16. The van der Waals surface area contributed by atoms with Crippen molar-refractivity contribution in [2.75, 3.05) is 20.2 Å². The van der Waals surface area contributed by atoms with Crippen LogP contribution in [0.25, 0.3) is 10.9 Å². The molecule has 2 bridgehead atoms. The monoisotopic (exact) mass is 678 g/mol. The van der Waals surface area contributed by atoms with Crippen LogP contribution in [0.3, 0.4) is 0 Å². The van der Waals surface area contributed by atoms with Crippen LogP contribution in [0.2, 0.25) is 0 Å². The van der Waals surface area contributed by atoms with Crippen LogP contribution in [0, 0.1) is 5.41 Å². The van der Waals surface area contributed by atoms with Gasteiger partial charge in [0.2, 0.25) is 17.7 Å². The summed E-state index contributed by atoms with van der Waals surface area (Å²) in [6, 6.07) is 13.9. The van der Waals surface area contributed by atoms with Gasteiger partial charge in [-0.2, -0.15) is 0 Å². The number of aliphatic hydroxyl groups excluding tert-OH is 1. The van der Waals surface area contributed by atoms with Gasteiger partial charge in [0.05, 0.1) is 11.7 Å². The number of H-pyrrole nitrogens is 1. The van der Waals surface area contributed by atoms with Crippen LogP contribution < -0.4 is 5.32 Å². The van der Waals surface area contributed by atoms with E-state index in [0.717, 1.165) is 65.0 Å². The number of likely N-dealkylation sites (tertiary alicyclic amines) is 1. The van der Waals surface area contributed by atoms with Gasteiger partial charge in [-0.3, -0.25) is 14.4 Å². The van der Waals surface area contributed by atoms with Crippen LogP contribution in [0.4, 0.5) is 0 Å². The van der Waals surface area contributed by atoms with Gasteiger partial charge in [0.1, 0.15) is 12.1 Å². The number of aromatic amines is 1. The molecule has 3 atom stereocenters. The fraction of sp³-hybridized carbons (Fsp3) is 0.514. The molecule has 0 spiro atoms. The van der Waals surface area contributed by atoms with Crippen LogP contribution in [0.1, 0.15) is 63.0 Å². The normalized spacial score (nSPS) is 26.6. The first-order valence-electron chi connectivity index (χ1n) is 16.1. The van der Waals surface area contributed by atoms with E-state index in [1.807, 2.05) is 61.7 Å². The number of nitrogens with one attached hydrogen (secondary N) is 2. The minimum Gasteiger partial charge on any atom is -0.391 e. The number of benzene rings is 2. The predicted octanol–water partition coefficient (Wildman–Crippen LogP) is 4.71. The number of carbonyl (C=O) groups is 3. The Bertz CT molecular complexity index is 1550. The lowest BCUT2D eigenvalue weighted by Crippen LogP contribution is -2.58. The summed E-state index contributed by atoms with van der Waals surface area (Å²) in [5, 5.41) is 14.7. The quantitative estimate of drug-likeness (QED) is 0.288. The number of rotatable bonds is 10. The van der Waals surface area contributed by atoms with E-state index in [4.69, 9.17) is 4.74 Å². The molecule has 3 amide bonds. The third-order valence-electron chi connectivity index (χ3n) is 10.4. The fourth-order valence-corrected chi connectivity index (χ4v) is 8.21. The molecular formula is C35H43BrN4O5. The molecule has 2 unspecified atom stereocenters. The Hall–Kier alpha value is -3.21. The first-order valence-corrected chi connectivity index (χ1v) is 16.9. The van der Waals surface area contributed by atoms with Gasteiger partial charge in [0.25, 0.3) is 0 Å². The highest BCUT2D eigenvalue weighted by Crippen LogP contribution is 2.55. The molecule has 0 radical (unpaired) electrons. The lowest BCUT2D eigenvalue weighted by molar-refractivity contribution is -0.169. The number of amides is 3. The minimum absolute atomic E-state index is 0.0467. The summed E-state index contributed by atoms with van der Waals surface area (Å²) in [7, 11) is 1.74. The van der Waals surface area contributed by atoms with Gasteiger partial charge in [-0.25, -0.2) is 0 Å². The first-order chi connectivity index (χ1) is 21.6. The Morgan fingerprint density at radius 3 is 2.47 bits per heavy atom. The number of hydrogen-bond acceptors (Lipinski definition) is 5. The molecular weight excluding hydrogens is 636 g/mol. The summed E-state index contributed by atoms with van der Waals surface area (Å²) < 4.78 is 7.02. The Labute approximate surface area is 272 Å². The minimum atomic E-state index is -0.867. The third kappa shape index (κ3) is 6.29. The second-order valence-corrected chi connectivity index (χ2v) is 14.0. The van der Waals surface area contributed by atoms with Crippen molar-refractivity contribution in [1.82, 2.24) is 20.1 Å². The highest BCUT2D eigenvalue weighted by atomic mass is 79.9. The van der Waals surface area contributed by atoms with Crippen LogP contribution in [0.15, 0.2) is 59.2 Å². The van der Waals surface area contributed by atoms with Gasteiger partial charge in [-0.05, 0) is 68.7 Å². The number of aromatic nitrogens is 1. The second kappa shape index (κ2) is 12.9. The molecule has 3 aromatic rings. The molecule has 2 aromatic carbocycles. The molecule has 7 rings (SSSR count). The van der Waals surface area contributed by atoms with E-state index < -0.39 is 29.5 Å². The van der Waals surface area contributed by atoms with Crippen LogP contribution >= 0.6 is 15.9 Å². The van der Waals surface area contributed by atoms with Gasteiger partial charge in [0.15, 0.2) is 0 Å². The molecule has 240 valence electrons. The number of aliphatic hydroxyl groups is 1. The number of hydrogen-bond donors (Lipinski definition) is 3. The molecule has 4 fully saturated rings. The number of carbonyl (C=O) groups excluding carboxylic acids is 3. The molecule has 3 N–H and O–H groups in total. The molecule has 3 saturated carbocycles. The summed E-state index contributed by atoms with van der Waals surface area (Å²) in [5.41, 5.74) is 2.17. The molecule has 4 aliphatic rings. The summed E-state index contributed by atoms with van der Waals surface area (Å²) >= 11 is 3.57. The van der Waals surface area contributed by atoms with E-state index in [1.165, 1.54) is 0 Å². The Morgan fingerprint density at radius 1 is 1.07 bits per heavy atom. The molecule has 10 heteroatoms. The van der Waals surface area contributed by atoms with E-state index in [9.17, 15) is 19.5 Å². The highest BCUT2D eigenvalue weighted by Gasteiger charge is 2.56. The highest BCUT2D eigenvalue weighted by molar-refractivity contribution is 9.10. The topological polar surface area (TPSA) is 115 Å². The van der Waals surface area contributed by atoms with Gasteiger partial charge >= 0.3 is 0 Å². The molecule has 3 aliphatic carbocycles. The molecule has 1 aliphatic heterocycles. The lowest BCUT2D eigenvalue weighted by atomic mass is 9.58. The van der Waals surface area contributed by atoms with Crippen molar-refractivity contribution in [3.63, 3.8) is 0 Å². The Kier molecular flexibility index (Phi) is 9.10. The van der Waals surface area contributed by atoms with Crippen LogP contribution in [-0.4, -0.2) is 81.6 Å². The summed E-state index contributed by atoms with van der Waals surface area (Å²) in [4.78, 5) is 48.7. The smallest absolute Gasteiger partial charge is 0.245 e. The van der Waals surface area contributed by atoms with Crippen LogP contribution in [-0.2, 0) is 32.1 Å². The van der Waals surface area contributed by atoms with Gasteiger partial charge in [-0.15, -0.1) is 0 Å². The van der Waals surface area contributed by atoms with Gasteiger partial charge in [-0.1, -0.05) is 52.3 Å². The summed E-state index contributed by atoms with van der Waals surface area (Å²) in [6.07, 6.45) is 6.22. The number of halogens is 1. The number of nitrogens with zero attached hydrogens (tertiary/aromatic N) is 2. The van der Waals surface area contributed by atoms with E-state index in [1.54, 1.807) is 16.8 Å². The Morgan fingerprint density at radius 2 is 1.76 bits per heavy atom. The van der Waals surface area contributed by atoms with Crippen molar-refractivity contribution in [1.29, 1.82) is 0 Å². The number of β-amino-alcohol motifs (C(OH)–C–C–N with tert-alkyl or cyclic N) is 1. The van der Waals surface area contributed by atoms with Gasteiger partial charge < -0.3 is 29.9 Å². The largest absolute Gasteiger partial charge is 0.391 e. The van der Waals surface area contributed by atoms with Crippen molar-refractivity contribution in [3.05, 3.63) is 70.3 Å². The number of para-hydroxylation sites is 1. The molecule has 1 aromatic heterocycles. The number of fused-ring (bicyclic) bond motifs is 4. The van der Waals surface area contributed by atoms with E-state index in [0.29, 0.717) is 13.2 Å². The molecule has 9 nitrogen and oxygen atoms in total. The van der Waals surface area contributed by atoms with Crippen molar-refractivity contribution >= 4 is 44.6 Å². The SMILES string of the molecule is CCOC12CCC(C(=O)N3C[C@H](O)CC3C(=O)NC(Cc3c[nH]c4ccccc34)C(=O)N(C)Cc3ccccc3Br)(CC1)CC2. The van der Waals surface area contributed by atoms with E-state index >= 15 is 0 Å².